The molecule has 0 fully saturated rings. The minimum atomic E-state index is -0.330. The number of fused-ring (bicyclic) bond motifs is 3. The van der Waals surface area contributed by atoms with E-state index in [0.29, 0.717) is 39.0 Å². The van der Waals surface area contributed by atoms with Gasteiger partial charge in [0, 0.05) is 21.9 Å². The third-order valence-corrected chi connectivity index (χ3v) is 7.88. The molecule has 0 bridgehead atoms. The summed E-state index contributed by atoms with van der Waals surface area (Å²) in [4.78, 5) is 33.2. The van der Waals surface area contributed by atoms with Crippen molar-refractivity contribution in [3.8, 4) is 5.69 Å². The van der Waals surface area contributed by atoms with Crippen molar-refractivity contribution in [2.24, 2.45) is 0 Å². The van der Waals surface area contributed by atoms with Gasteiger partial charge in [-0.1, -0.05) is 41.6 Å². The van der Waals surface area contributed by atoms with Gasteiger partial charge in [-0.3, -0.25) is 14.2 Å². The van der Waals surface area contributed by atoms with Crippen LogP contribution in [-0.4, -0.2) is 26.7 Å². The number of ether oxygens (including phenoxy) is 1. The molecule has 0 saturated heterocycles. The zero-order chi connectivity index (χ0) is 23.2. The van der Waals surface area contributed by atoms with Gasteiger partial charge in [0.2, 0.25) is 0 Å². The van der Waals surface area contributed by atoms with Crippen molar-refractivity contribution >= 4 is 50.7 Å². The smallest absolute Gasteiger partial charge is 0.267 e. The van der Waals surface area contributed by atoms with E-state index in [-0.39, 0.29) is 22.7 Å². The number of hydrogen-bond acceptors (Lipinski definition) is 6. The fourth-order valence-electron chi connectivity index (χ4n) is 3.92. The van der Waals surface area contributed by atoms with Crippen LogP contribution < -0.4 is 5.56 Å². The van der Waals surface area contributed by atoms with Crippen molar-refractivity contribution in [1.82, 2.24) is 9.55 Å². The Morgan fingerprint density at radius 3 is 2.64 bits per heavy atom. The number of benzene rings is 2. The number of hydrogen-bond donors (Lipinski definition) is 0. The number of rotatable bonds is 5. The van der Waals surface area contributed by atoms with Crippen LogP contribution in [-0.2, 0) is 17.8 Å². The monoisotopic (exact) mass is 496 g/mol. The van der Waals surface area contributed by atoms with Gasteiger partial charge in [0.05, 0.1) is 29.0 Å². The summed E-state index contributed by atoms with van der Waals surface area (Å²) in [5.41, 5.74) is 1.89. The maximum absolute atomic E-state index is 13.8. The molecule has 2 aromatic heterocycles. The quantitative estimate of drug-likeness (QED) is 0.195. The second-order valence-corrected chi connectivity index (χ2v) is 11.0. The molecule has 33 heavy (non-hydrogen) atoms. The summed E-state index contributed by atoms with van der Waals surface area (Å²) >= 11 is 8.71. The summed E-state index contributed by atoms with van der Waals surface area (Å²) < 4.78 is 7.58. The maximum atomic E-state index is 13.8. The van der Waals surface area contributed by atoms with Gasteiger partial charge >= 0.3 is 0 Å². The summed E-state index contributed by atoms with van der Waals surface area (Å²) in [7, 11) is 0. The average molecular weight is 497 g/mol. The predicted molar refractivity (Wildman–Crippen MR) is 134 cm³/mol. The number of carbonyl (C=O) groups is 1. The average Bonchev–Trinajstić information content (AvgIpc) is 3.15. The highest BCUT2D eigenvalue weighted by atomic mass is 35.5. The lowest BCUT2D eigenvalue weighted by Crippen LogP contribution is -2.32. The van der Waals surface area contributed by atoms with Crippen molar-refractivity contribution in [3.05, 3.63) is 86.0 Å². The molecule has 4 aromatic rings. The standard InChI is InChI=1S/C25H21ClN2O3S2/c1-25(2)12-18-20(13-31-25)33-22-21(18)23(30)28(17-6-4-3-5-7-17)24(27-22)32-14-19(29)15-8-10-16(26)11-9-15/h3-11H,12-14H2,1-2H3. The number of halogens is 1. The molecule has 0 N–H and O–H groups in total. The lowest BCUT2D eigenvalue weighted by Gasteiger charge is -2.29. The molecule has 0 amide bonds. The predicted octanol–water partition coefficient (Wildman–Crippen LogP) is 5.93. The van der Waals surface area contributed by atoms with Crippen molar-refractivity contribution in [1.29, 1.82) is 0 Å². The van der Waals surface area contributed by atoms with Gasteiger partial charge in [-0.25, -0.2) is 4.98 Å². The highest BCUT2D eigenvalue weighted by Crippen LogP contribution is 2.38. The highest BCUT2D eigenvalue weighted by Gasteiger charge is 2.31. The molecule has 168 valence electrons. The summed E-state index contributed by atoms with van der Waals surface area (Å²) in [6, 6.07) is 16.3. The molecule has 8 heteroatoms. The lowest BCUT2D eigenvalue weighted by atomic mass is 9.94. The molecule has 0 aliphatic carbocycles. The largest absolute Gasteiger partial charge is 0.370 e. The number of nitrogens with zero attached hydrogens (tertiary/aromatic N) is 2. The molecule has 0 radical (unpaired) electrons. The number of aromatic nitrogens is 2. The highest BCUT2D eigenvalue weighted by molar-refractivity contribution is 7.99. The first-order chi connectivity index (χ1) is 15.8. The van der Waals surface area contributed by atoms with Crippen molar-refractivity contribution in [3.63, 3.8) is 0 Å². The topological polar surface area (TPSA) is 61.2 Å². The fraction of sp³-hybridized carbons (Fsp3) is 0.240. The van der Waals surface area contributed by atoms with Gasteiger partial charge in [0.25, 0.3) is 5.56 Å². The van der Waals surface area contributed by atoms with E-state index >= 15 is 0 Å². The van der Waals surface area contributed by atoms with Crippen LogP contribution in [0.2, 0.25) is 5.02 Å². The van der Waals surface area contributed by atoms with E-state index < -0.39 is 0 Å². The van der Waals surface area contributed by atoms with Gasteiger partial charge in [0.15, 0.2) is 10.9 Å². The molecule has 1 aliphatic heterocycles. The van der Waals surface area contributed by atoms with E-state index in [1.165, 1.54) is 23.1 Å². The number of thiophene rings is 1. The SMILES string of the molecule is CC1(C)Cc2c(sc3nc(SCC(=O)c4ccc(Cl)cc4)n(-c4ccccc4)c(=O)c23)CO1. The van der Waals surface area contributed by atoms with Gasteiger partial charge < -0.3 is 4.74 Å². The minimum Gasteiger partial charge on any atom is -0.370 e. The molecule has 5 rings (SSSR count). The Morgan fingerprint density at radius 1 is 1.18 bits per heavy atom. The molecular formula is C25H21ClN2O3S2. The van der Waals surface area contributed by atoms with Gasteiger partial charge in [0.1, 0.15) is 4.83 Å². The van der Waals surface area contributed by atoms with E-state index in [1.54, 1.807) is 28.8 Å². The fourth-order valence-corrected chi connectivity index (χ4v) is 6.10. The third kappa shape index (κ3) is 4.38. The number of Topliss-reactive ketones (excluding diaryl/α,β-unsaturated/α-hetero) is 1. The third-order valence-electron chi connectivity index (χ3n) is 5.59. The van der Waals surface area contributed by atoms with E-state index in [1.807, 2.05) is 44.2 Å². The molecule has 0 atom stereocenters. The number of para-hydroxylation sites is 1. The van der Waals surface area contributed by atoms with Crippen LogP contribution in [0.3, 0.4) is 0 Å². The number of thioether (sulfide) groups is 1. The molecular weight excluding hydrogens is 476 g/mol. The first kappa shape index (κ1) is 22.3. The Hall–Kier alpha value is -2.45. The maximum Gasteiger partial charge on any atom is 0.267 e. The normalized spacial score (nSPS) is 14.9. The molecule has 2 aromatic carbocycles. The van der Waals surface area contributed by atoms with Gasteiger partial charge in [-0.2, -0.15) is 0 Å². The zero-order valence-corrected chi connectivity index (χ0v) is 20.5. The van der Waals surface area contributed by atoms with E-state index in [9.17, 15) is 9.59 Å². The van der Waals surface area contributed by atoms with Crippen LogP contribution in [0.15, 0.2) is 64.5 Å². The molecule has 1 aliphatic rings. The molecule has 0 unspecified atom stereocenters. The van der Waals surface area contributed by atoms with Crippen LogP contribution in [0.25, 0.3) is 15.9 Å². The number of carbonyl (C=O) groups excluding carboxylic acids is 1. The Kier molecular flexibility index (Phi) is 5.91. The Labute approximate surface area is 204 Å². The molecule has 3 heterocycles. The van der Waals surface area contributed by atoms with Crippen LogP contribution in [0.4, 0.5) is 0 Å². The summed E-state index contributed by atoms with van der Waals surface area (Å²) in [6.07, 6.45) is 0.662. The second kappa shape index (κ2) is 8.72. The Balaban J connectivity index is 1.59. The van der Waals surface area contributed by atoms with E-state index in [0.717, 1.165) is 16.1 Å². The van der Waals surface area contributed by atoms with Crippen LogP contribution in [0.1, 0.15) is 34.6 Å². The van der Waals surface area contributed by atoms with Crippen molar-refractivity contribution in [2.45, 2.75) is 37.6 Å². The van der Waals surface area contributed by atoms with Crippen molar-refractivity contribution in [2.75, 3.05) is 5.75 Å². The van der Waals surface area contributed by atoms with E-state index in [4.69, 9.17) is 21.3 Å². The van der Waals surface area contributed by atoms with Gasteiger partial charge in [-0.15, -0.1) is 11.3 Å². The van der Waals surface area contributed by atoms with Gasteiger partial charge in [-0.05, 0) is 55.8 Å². The van der Waals surface area contributed by atoms with E-state index in [2.05, 4.69) is 0 Å². The first-order valence-electron chi connectivity index (χ1n) is 10.5. The first-order valence-corrected chi connectivity index (χ1v) is 12.7. The minimum absolute atomic E-state index is 0.0498. The summed E-state index contributed by atoms with van der Waals surface area (Å²) in [5, 5.41) is 1.74. The Bertz CT molecular complexity index is 1410. The summed E-state index contributed by atoms with van der Waals surface area (Å²) in [5.74, 6) is 0.111. The molecule has 0 saturated carbocycles. The Morgan fingerprint density at radius 2 is 1.91 bits per heavy atom. The van der Waals surface area contributed by atoms with Crippen LogP contribution in [0.5, 0.6) is 0 Å². The lowest BCUT2D eigenvalue weighted by molar-refractivity contribution is -0.0379. The molecule has 5 nitrogen and oxygen atoms in total. The second-order valence-electron chi connectivity index (χ2n) is 8.50. The van der Waals surface area contributed by atoms with Crippen LogP contribution in [0, 0.1) is 0 Å². The molecule has 0 spiro atoms. The number of ketones is 1. The van der Waals surface area contributed by atoms with Crippen LogP contribution >= 0.6 is 34.7 Å². The zero-order valence-electron chi connectivity index (χ0n) is 18.1. The summed E-state index contributed by atoms with van der Waals surface area (Å²) in [6.45, 7) is 4.55. The van der Waals surface area contributed by atoms with Crippen molar-refractivity contribution < 1.29 is 9.53 Å².